The second kappa shape index (κ2) is 3.17. The van der Waals surface area contributed by atoms with Gasteiger partial charge < -0.3 is 4.74 Å². The number of benzene rings is 1. The molecule has 1 aliphatic heterocycles. The van der Waals surface area contributed by atoms with Gasteiger partial charge in [-0.1, -0.05) is 22.0 Å². The van der Waals surface area contributed by atoms with E-state index in [0.717, 1.165) is 22.0 Å². The molecule has 0 N–H and O–H groups in total. The van der Waals surface area contributed by atoms with Crippen LogP contribution in [0.2, 0.25) is 0 Å². The predicted molar refractivity (Wildman–Crippen MR) is 59.9 cm³/mol. The molecule has 82 valence electrons. The SMILES string of the molecule is O=C1CC2(CCc3cc(Br)ccc32)C(=O)O1. The van der Waals surface area contributed by atoms with E-state index >= 15 is 0 Å². The molecule has 1 aliphatic carbocycles. The lowest BCUT2D eigenvalue weighted by molar-refractivity contribution is -0.153. The summed E-state index contributed by atoms with van der Waals surface area (Å²) in [4.78, 5) is 23.0. The lowest BCUT2D eigenvalue weighted by Crippen LogP contribution is -2.28. The minimum Gasteiger partial charge on any atom is -0.392 e. The zero-order chi connectivity index (χ0) is 11.3. The fraction of sp³-hybridized carbons (Fsp3) is 0.333. The predicted octanol–water partition coefficient (Wildman–Crippen LogP) is 2.11. The summed E-state index contributed by atoms with van der Waals surface area (Å²) in [5.74, 6) is -0.778. The molecule has 16 heavy (non-hydrogen) atoms. The number of fused-ring (bicyclic) bond motifs is 2. The van der Waals surface area contributed by atoms with Crippen molar-refractivity contribution in [1.82, 2.24) is 0 Å². The molecule has 0 saturated carbocycles. The molecule has 1 fully saturated rings. The summed E-state index contributed by atoms with van der Waals surface area (Å²) in [6.07, 6.45) is 1.71. The first kappa shape index (κ1) is 10.0. The van der Waals surface area contributed by atoms with Crippen LogP contribution in [0.25, 0.3) is 0 Å². The molecule has 1 spiro atoms. The van der Waals surface area contributed by atoms with Gasteiger partial charge in [-0.2, -0.15) is 0 Å². The fourth-order valence-corrected chi connectivity index (χ4v) is 3.08. The van der Waals surface area contributed by atoms with Gasteiger partial charge in [-0.3, -0.25) is 9.59 Å². The molecule has 1 unspecified atom stereocenters. The van der Waals surface area contributed by atoms with Crippen LogP contribution in [0.1, 0.15) is 24.0 Å². The number of hydrogen-bond donors (Lipinski definition) is 0. The zero-order valence-corrected chi connectivity index (χ0v) is 10.0. The Morgan fingerprint density at radius 1 is 1.31 bits per heavy atom. The Kier molecular flexibility index (Phi) is 1.98. The van der Waals surface area contributed by atoms with Crippen molar-refractivity contribution in [1.29, 1.82) is 0 Å². The summed E-state index contributed by atoms with van der Waals surface area (Å²) in [5.41, 5.74) is 1.42. The van der Waals surface area contributed by atoms with Gasteiger partial charge in [0.15, 0.2) is 0 Å². The zero-order valence-electron chi connectivity index (χ0n) is 8.46. The largest absolute Gasteiger partial charge is 0.392 e. The number of rotatable bonds is 0. The number of carbonyl (C=O) groups is 2. The molecule has 1 aromatic carbocycles. The van der Waals surface area contributed by atoms with E-state index in [0.29, 0.717) is 6.42 Å². The average Bonchev–Trinajstić information content (AvgIpc) is 2.70. The van der Waals surface area contributed by atoms with Crippen LogP contribution in [-0.4, -0.2) is 11.9 Å². The van der Waals surface area contributed by atoms with E-state index in [1.807, 2.05) is 18.2 Å². The molecule has 1 atom stereocenters. The normalized spacial score (nSPS) is 27.3. The third-order valence-corrected chi connectivity index (χ3v) is 3.94. The minimum absolute atomic E-state index is 0.195. The summed E-state index contributed by atoms with van der Waals surface area (Å²) in [5, 5.41) is 0. The second-order valence-electron chi connectivity index (χ2n) is 4.32. The fourth-order valence-electron chi connectivity index (χ4n) is 2.67. The Morgan fingerprint density at radius 3 is 2.81 bits per heavy atom. The average molecular weight is 281 g/mol. The maximum atomic E-state index is 11.8. The monoisotopic (exact) mass is 280 g/mol. The molecule has 3 rings (SSSR count). The Balaban J connectivity index is 2.15. The van der Waals surface area contributed by atoms with Gasteiger partial charge in [0.05, 0.1) is 6.42 Å². The number of halogens is 1. The first-order valence-electron chi connectivity index (χ1n) is 5.16. The summed E-state index contributed by atoms with van der Waals surface area (Å²) in [6.45, 7) is 0. The van der Waals surface area contributed by atoms with Gasteiger partial charge in [-0.15, -0.1) is 0 Å². The van der Waals surface area contributed by atoms with Crippen molar-refractivity contribution in [2.75, 3.05) is 0 Å². The smallest absolute Gasteiger partial charge is 0.324 e. The third-order valence-electron chi connectivity index (χ3n) is 3.45. The molecule has 1 saturated heterocycles. The van der Waals surface area contributed by atoms with Crippen molar-refractivity contribution in [3.63, 3.8) is 0 Å². The first-order chi connectivity index (χ1) is 7.62. The van der Waals surface area contributed by atoms with Gasteiger partial charge in [0.1, 0.15) is 5.41 Å². The van der Waals surface area contributed by atoms with Crippen LogP contribution in [0.4, 0.5) is 0 Å². The van der Waals surface area contributed by atoms with Crippen LogP contribution in [0, 0.1) is 0 Å². The van der Waals surface area contributed by atoms with Gasteiger partial charge in [-0.25, -0.2) is 0 Å². The maximum absolute atomic E-state index is 11.8. The third kappa shape index (κ3) is 1.19. The number of hydrogen-bond acceptors (Lipinski definition) is 3. The van der Waals surface area contributed by atoms with Crippen LogP contribution in [0.3, 0.4) is 0 Å². The molecule has 0 aromatic heterocycles. The molecule has 4 heteroatoms. The number of ether oxygens (including phenoxy) is 1. The number of cyclic esters (lactones) is 2. The Hall–Kier alpha value is -1.16. The van der Waals surface area contributed by atoms with Crippen molar-refractivity contribution in [3.8, 4) is 0 Å². The van der Waals surface area contributed by atoms with Gasteiger partial charge in [0.25, 0.3) is 0 Å². The first-order valence-corrected chi connectivity index (χ1v) is 5.95. The highest BCUT2D eigenvalue weighted by molar-refractivity contribution is 9.10. The highest BCUT2D eigenvalue weighted by Gasteiger charge is 2.53. The summed E-state index contributed by atoms with van der Waals surface area (Å²) < 4.78 is 5.70. The van der Waals surface area contributed by atoms with E-state index in [2.05, 4.69) is 15.9 Å². The molecule has 0 amide bonds. The topological polar surface area (TPSA) is 43.4 Å². The van der Waals surface area contributed by atoms with E-state index in [1.165, 1.54) is 0 Å². The summed E-state index contributed by atoms with van der Waals surface area (Å²) in [6, 6.07) is 5.84. The van der Waals surface area contributed by atoms with Crippen LogP contribution in [-0.2, 0) is 26.2 Å². The lowest BCUT2D eigenvalue weighted by atomic mass is 9.80. The minimum atomic E-state index is -0.687. The van der Waals surface area contributed by atoms with Crippen molar-refractivity contribution >= 4 is 27.9 Å². The lowest BCUT2D eigenvalue weighted by Gasteiger charge is -2.17. The second-order valence-corrected chi connectivity index (χ2v) is 5.24. The van der Waals surface area contributed by atoms with Crippen LogP contribution in [0.5, 0.6) is 0 Å². The van der Waals surface area contributed by atoms with Crippen molar-refractivity contribution in [2.45, 2.75) is 24.7 Å². The molecule has 3 nitrogen and oxygen atoms in total. The highest BCUT2D eigenvalue weighted by atomic mass is 79.9. The van der Waals surface area contributed by atoms with E-state index < -0.39 is 11.4 Å². The van der Waals surface area contributed by atoms with Gasteiger partial charge >= 0.3 is 11.9 Å². The van der Waals surface area contributed by atoms with Gasteiger partial charge in [-0.05, 0) is 36.1 Å². The van der Waals surface area contributed by atoms with E-state index in [1.54, 1.807) is 0 Å². The molecular weight excluding hydrogens is 272 g/mol. The van der Waals surface area contributed by atoms with Crippen molar-refractivity contribution in [3.05, 3.63) is 33.8 Å². The van der Waals surface area contributed by atoms with Gasteiger partial charge in [0.2, 0.25) is 0 Å². The standard InChI is InChI=1S/C12H9BrO3/c13-8-1-2-9-7(5-8)3-4-12(9)6-10(14)16-11(12)15/h1-2,5H,3-4,6H2. The summed E-state index contributed by atoms with van der Waals surface area (Å²) in [7, 11) is 0. The molecule has 0 bridgehead atoms. The summed E-state index contributed by atoms with van der Waals surface area (Å²) >= 11 is 3.41. The maximum Gasteiger partial charge on any atom is 0.324 e. The number of esters is 2. The van der Waals surface area contributed by atoms with Crippen LogP contribution < -0.4 is 0 Å². The molecule has 1 heterocycles. The van der Waals surface area contributed by atoms with E-state index in [4.69, 9.17) is 4.74 Å². The molecule has 0 radical (unpaired) electrons. The Morgan fingerprint density at radius 2 is 2.12 bits per heavy atom. The van der Waals surface area contributed by atoms with Crippen LogP contribution in [0.15, 0.2) is 22.7 Å². The Labute approximate surface area is 101 Å². The van der Waals surface area contributed by atoms with Crippen molar-refractivity contribution < 1.29 is 14.3 Å². The Bertz CT molecular complexity index is 509. The highest BCUT2D eigenvalue weighted by Crippen LogP contribution is 2.46. The molecule has 2 aliphatic rings. The van der Waals surface area contributed by atoms with Gasteiger partial charge in [0, 0.05) is 4.47 Å². The number of aryl methyl sites for hydroxylation is 1. The molecular formula is C12H9BrO3. The molecule has 1 aromatic rings. The number of carbonyl (C=O) groups excluding carboxylic acids is 2. The van der Waals surface area contributed by atoms with E-state index in [9.17, 15) is 9.59 Å². The quantitative estimate of drug-likeness (QED) is 0.540. The van der Waals surface area contributed by atoms with Crippen LogP contribution >= 0.6 is 15.9 Å². The van der Waals surface area contributed by atoms with Crippen molar-refractivity contribution in [2.24, 2.45) is 0 Å². The van der Waals surface area contributed by atoms with E-state index in [-0.39, 0.29) is 12.4 Å².